The second kappa shape index (κ2) is 7.29. The second-order valence-electron chi connectivity index (χ2n) is 6.19. The number of esters is 1. The van der Waals surface area contributed by atoms with Gasteiger partial charge in [0.25, 0.3) is 0 Å². The lowest BCUT2D eigenvalue weighted by atomic mass is 9.77. The van der Waals surface area contributed by atoms with Crippen molar-refractivity contribution < 1.29 is 19.1 Å². The molecule has 124 valence electrons. The Morgan fingerprint density at radius 1 is 1.41 bits per heavy atom. The van der Waals surface area contributed by atoms with Gasteiger partial charge in [0.1, 0.15) is 5.76 Å². The van der Waals surface area contributed by atoms with Crippen LogP contribution < -0.4 is 0 Å². The summed E-state index contributed by atoms with van der Waals surface area (Å²) in [5, 5.41) is 9.61. The number of carbonyl (C=O) groups excluding carboxylic acids is 1. The van der Waals surface area contributed by atoms with Crippen LogP contribution in [0, 0.1) is 5.41 Å². The van der Waals surface area contributed by atoms with Crippen molar-refractivity contribution >= 4 is 5.97 Å². The van der Waals surface area contributed by atoms with Gasteiger partial charge in [-0.15, -0.1) is 0 Å². The third-order valence-electron chi connectivity index (χ3n) is 5.00. The number of likely N-dealkylation sites (tertiary alicyclic amines) is 1. The Kier molecular flexibility index (Phi) is 5.64. The van der Waals surface area contributed by atoms with E-state index in [1.807, 2.05) is 6.92 Å². The monoisotopic (exact) mass is 309 g/mol. The van der Waals surface area contributed by atoms with Crippen molar-refractivity contribution in [2.24, 2.45) is 5.41 Å². The number of aliphatic hydroxyl groups is 1. The van der Waals surface area contributed by atoms with Crippen LogP contribution in [0.4, 0.5) is 0 Å². The zero-order valence-electron chi connectivity index (χ0n) is 13.9. The molecule has 0 bridgehead atoms. The SMILES string of the molecule is CCc1oc(C(=O)OC)cc1CN1CCC(CC)(CO)CC1. The van der Waals surface area contributed by atoms with Crippen LogP contribution in [0.3, 0.4) is 0 Å². The van der Waals surface area contributed by atoms with Crippen molar-refractivity contribution in [3.8, 4) is 0 Å². The molecule has 0 saturated carbocycles. The van der Waals surface area contributed by atoms with Gasteiger partial charge >= 0.3 is 5.97 Å². The van der Waals surface area contributed by atoms with Crippen molar-refractivity contribution in [1.82, 2.24) is 4.90 Å². The van der Waals surface area contributed by atoms with Gasteiger partial charge in [-0.25, -0.2) is 4.79 Å². The first-order valence-corrected chi connectivity index (χ1v) is 8.10. The molecule has 0 amide bonds. The minimum atomic E-state index is -0.426. The summed E-state index contributed by atoms with van der Waals surface area (Å²) < 4.78 is 10.3. The number of piperidine rings is 1. The molecule has 1 saturated heterocycles. The van der Waals surface area contributed by atoms with Gasteiger partial charge < -0.3 is 14.3 Å². The normalized spacial score (nSPS) is 18.4. The Balaban J connectivity index is 2.03. The summed E-state index contributed by atoms with van der Waals surface area (Å²) in [7, 11) is 1.36. The number of hydrogen-bond acceptors (Lipinski definition) is 5. The number of rotatable bonds is 6. The van der Waals surface area contributed by atoms with E-state index in [2.05, 4.69) is 11.8 Å². The lowest BCUT2D eigenvalue weighted by Gasteiger charge is -2.40. The van der Waals surface area contributed by atoms with E-state index in [4.69, 9.17) is 9.15 Å². The first-order valence-electron chi connectivity index (χ1n) is 8.10. The number of furan rings is 1. The number of aliphatic hydroxyl groups excluding tert-OH is 1. The molecule has 1 aliphatic rings. The van der Waals surface area contributed by atoms with E-state index in [1.165, 1.54) is 7.11 Å². The molecule has 0 aromatic carbocycles. The van der Waals surface area contributed by atoms with Crippen molar-refractivity contribution in [1.29, 1.82) is 0 Å². The summed E-state index contributed by atoms with van der Waals surface area (Å²) in [4.78, 5) is 14.0. The Bertz CT molecular complexity index is 495. The molecule has 1 aromatic rings. The summed E-state index contributed by atoms with van der Waals surface area (Å²) in [6.07, 6.45) is 3.82. The molecule has 1 N–H and O–H groups in total. The van der Waals surface area contributed by atoms with E-state index >= 15 is 0 Å². The standard InChI is InChI=1S/C17H27NO4/c1-4-14-13(10-15(22-14)16(20)21-3)11-18-8-6-17(5-2,12-19)7-9-18/h10,19H,4-9,11-12H2,1-3H3. The number of ether oxygens (including phenoxy) is 1. The van der Waals surface area contributed by atoms with E-state index < -0.39 is 5.97 Å². The third kappa shape index (κ3) is 3.52. The van der Waals surface area contributed by atoms with Crippen LogP contribution in [0.1, 0.15) is 55.0 Å². The van der Waals surface area contributed by atoms with Crippen LogP contribution in [-0.2, 0) is 17.7 Å². The summed E-state index contributed by atoms with van der Waals surface area (Å²) in [6, 6.07) is 1.80. The van der Waals surface area contributed by atoms with Crippen molar-refractivity contribution in [3.63, 3.8) is 0 Å². The first kappa shape index (κ1) is 17.0. The molecule has 5 heteroatoms. The highest BCUT2D eigenvalue weighted by atomic mass is 16.5. The molecule has 0 aliphatic carbocycles. The number of methoxy groups -OCH3 is 1. The Morgan fingerprint density at radius 3 is 2.59 bits per heavy atom. The van der Waals surface area contributed by atoms with Crippen LogP contribution >= 0.6 is 0 Å². The number of carbonyl (C=O) groups is 1. The number of hydrogen-bond donors (Lipinski definition) is 1. The maximum absolute atomic E-state index is 11.6. The zero-order valence-corrected chi connectivity index (χ0v) is 13.9. The molecule has 0 atom stereocenters. The molecule has 1 fully saturated rings. The van der Waals surface area contributed by atoms with Gasteiger partial charge in [0.2, 0.25) is 5.76 Å². The van der Waals surface area contributed by atoms with E-state index in [0.717, 1.165) is 56.6 Å². The van der Waals surface area contributed by atoms with Crippen LogP contribution in [0.2, 0.25) is 0 Å². The van der Waals surface area contributed by atoms with Crippen LogP contribution in [0.25, 0.3) is 0 Å². The fourth-order valence-electron chi connectivity index (χ4n) is 3.15. The predicted octanol–water partition coefficient (Wildman–Crippen LogP) is 2.61. The molecule has 0 spiro atoms. The fraction of sp³-hybridized carbons (Fsp3) is 0.706. The molecule has 2 rings (SSSR count). The molecule has 5 nitrogen and oxygen atoms in total. The third-order valence-corrected chi connectivity index (χ3v) is 5.00. The van der Waals surface area contributed by atoms with Gasteiger partial charge in [-0.1, -0.05) is 13.8 Å². The van der Waals surface area contributed by atoms with Gasteiger partial charge in [0.05, 0.1) is 7.11 Å². The molecular formula is C17H27NO4. The maximum Gasteiger partial charge on any atom is 0.373 e. The Hall–Kier alpha value is -1.33. The maximum atomic E-state index is 11.6. The quantitative estimate of drug-likeness (QED) is 0.818. The van der Waals surface area contributed by atoms with Crippen molar-refractivity contribution in [3.05, 3.63) is 23.2 Å². The van der Waals surface area contributed by atoms with Crippen LogP contribution in [0.5, 0.6) is 0 Å². The smallest absolute Gasteiger partial charge is 0.373 e. The van der Waals surface area contributed by atoms with Crippen LogP contribution in [-0.4, -0.2) is 42.8 Å². The molecule has 2 heterocycles. The zero-order chi connectivity index (χ0) is 16.2. The predicted molar refractivity (Wildman–Crippen MR) is 83.7 cm³/mol. The van der Waals surface area contributed by atoms with E-state index in [1.54, 1.807) is 6.07 Å². The summed E-state index contributed by atoms with van der Waals surface area (Å²) in [5.41, 5.74) is 1.16. The molecule has 1 aliphatic heterocycles. The summed E-state index contributed by atoms with van der Waals surface area (Å²) >= 11 is 0. The Morgan fingerprint density at radius 2 is 2.09 bits per heavy atom. The highest BCUT2D eigenvalue weighted by Gasteiger charge is 2.32. The van der Waals surface area contributed by atoms with Gasteiger partial charge in [-0.05, 0) is 43.8 Å². The second-order valence-corrected chi connectivity index (χ2v) is 6.19. The summed E-state index contributed by atoms with van der Waals surface area (Å²) in [5.74, 6) is 0.712. The van der Waals surface area contributed by atoms with E-state index in [-0.39, 0.29) is 17.8 Å². The lowest BCUT2D eigenvalue weighted by Crippen LogP contribution is -2.41. The van der Waals surface area contributed by atoms with E-state index in [9.17, 15) is 9.90 Å². The average molecular weight is 309 g/mol. The van der Waals surface area contributed by atoms with Gasteiger partial charge in [-0.2, -0.15) is 0 Å². The van der Waals surface area contributed by atoms with Crippen molar-refractivity contribution in [2.75, 3.05) is 26.8 Å². The molecule has 0 unspecified atom stereocenters. The number of nitrogens with zero attached hydrogens (tertiary/aromatic N) is 1. The molecule has 0 radical (unpaired) electrons. The Labute approximate surface area is 132 Å². The average Bonchev–Trinajstić information content (AvgIpc) is 2.98. The highest BCUT2D eigenvalue weighted by molar-refractivity contribution is 5.86. The largest absolute Gasteiger partial charge is 0.463 e. The first-order chi connectivity index (χ1) is 10.6. The fourth-order valence-corrected chi connectivity index (χ4v) is 3.15. The van der Waals surface area contributed by atoms with Crippen LogP contribution in [0.15, 0.2) is 10.5 Å². The molecule has 22 heavy (non-hydrogen) atoms. The lowest BCUT2D eigenvalue weighted by molar-refractivity contribution is 0.0381. The topological polar surface area (TPSA) is 62.9 Å². The van der Waals surface area contributed by atoms with E-state index in [0.29, 0.717) is 0 Å². The summed E-state index contributed by atoms with van der Waals surface area (Å²) in [6.45, 7) is 7.17. The highest BCUT2D eigenvalue weighted by Crippen LogP contribution is 2.35. The van der Waals surface area contributed by atoms with Crippen molar-refractivity contribution in [2.45, 2.75) is 46.1 Å². The minimum absolute atomic E-state index is 0.0949. The molecular weight excluding hydrogens is 282 g/mol. The minimum Gasteiger partial charge on any atom is -0.463 e. The number of aryl methyl sites for hydroxylation is 1. The molecule has 1 aromatic heterocycles. The van der Waals surface area contributed by atoms with Gasteiger partial charge in [0, 0.05) is 25.1 Å². The van der Waals surface area contributed by atoms with Gasteiger partial charge in [0.15, 0.2) is 0 Å². The van der Waals surface area contributed by atoms with Gasteiger partial charge in [-0.3, -0.25) is 4.90 Å².